The molecule has 0 bridgehead atoms. The van der Waals surface area contributed by atoms with Gasteiger partial charge in [0.2, 0.25) is 0 Å². The Hall–Kier alpha value is -3.64. The quantitative estimate of drug-likeness (QED) is 0.181. The van der Waals surface area contributed by atoms with Crippen molar-refractivity contribution in [3.63, 3.8) is 0 Å². The summed E-state index contributed by atoms with van der Waals surface area (Å²) >= 11 is 0. The van der Waals surface area contributed by atoms with Crippen LogP contribution >= 0.6 is 0 Å². The molecule has 1 atom stereocenters. The SMILES string of the molecule is CC(C)(C)C1=CC2(CC(C(C)(C)C)=C1)c1ccc3c(c1-c1cc(C(C)(C)C)c4ccccc4c12)C(C)(C)C1=C3C(C)(C)c2ccccc21. The van der Waals surface area contributed by atoms with Gasteiger partial charge in [-0.05, 0) is 106 Å². The van der Waals surface area contributed by atoms with Gasteiger partial charge < -0.3 is 0 Å². The van der Waals surface area contributed by atoms with E-state index < -0.39 is 0 Å². The zero-order valence-corrected chi connectivity index (χ0v) is 31.7. The van der Waals surface area contributed by atoms with Crippen molar-refractivity contribution in [3.8, 4) is 11.1 Å². The summed E-state index contributed by atoms with van der Waals surface area (Å²) in [5.41, 5.74) is 19.1. The summed E-state index contributed by atoms with van der Waals surface area (Å²) in [6.45, 7) is 31.5. The molecule has 4 aromatic rings. The molecule has 0 radical (unpaired) electrons. The maximum absolute atomic E-state index is 2.71. The number of hydrogen-bond acceptors (Lipinski definition) is 0. The zero-order valence-electron chi connectivity index (χ0n) is 31.7. The minimum atomic E-state index is -0.244. The van der Waals surface area contributed by atoms with Gasteiger partial charge in [0.1, 0.15) is 0 Å². The fourth-order valence-corrected chi connectivity index (χ4v) is 10.1. The third-order valence-electron chi connectivity index (χ3n) is 12.5. The minimum absolute atomic E-state index is 0.00834. The van der Waals surface area contributed by atoms with Gasteiger partial charge in [-0.2, -0.15) is 0 Å². The fourth-order valence-electron chi connectivity index (χ4n) is 10.1. The normalized spacial score (nSPS) is 21.9. The van der Waals surface area contributed by atoms with Crippen LogP contribution in [0.3, 0.4) is 0 Å². The zero-order chi connectivity index (χ0) is 34.6. The predicted octanol–water partition coefficient (Wildman–Crippen LogP) is 13.2. The van der Waals surface area contributed by atoms with Crippen molar-refractivity contribution in [1.82, 2.24) is 0 Å². The molecule has 0 saturated carbocycles. The van der Waals surface area contributed by atoms with Crippen molar-refractivity contribution in [3.05, 3.63) is 129 Å². The molecule has 48 heavy (non-hydrogen) atoms. The third kappa shape index (κ3) is 3.95. The maximum Gasteiger partial charge on any atom is 0.0443 e. The molecule has 1 spiro atoms. The largest absolute Gasteiger partial charge is 0.0655 e. The van der Waals surface area contributed by atoms with Gasteiger partial charge in [0.25, 0.3) is 0 Å². The molecule has 4 aromatic carbocycles. The van der Waals surface area contributed by atoms with Crippen molar-refractivity contribution in [1.29, 1.82) is 0 Å². The Kier molecular flexibility index (Phi) is 6.14. The van der Waals surface area contributed by atoms with E-state index >= 15 is 0 Å². The third-order valence-corrected chi connectivity index (χ3v) is 12.5. The molecule has 0 N–H and O–H groups in total. The highest BCUT2D eigenvalue weighted by Crippen LogP contribution is 2.68. The molecule has 0 heterocycles. The van der Waals surface area contributed by atoms with Crippen LogP contribution in [0.2, 0.25) is 0 Å². The monoisotopic (exact) mass is 630 g/mol. The van der Waals surface area contributed by atoms with E-state index in [-0.39, 0.29) is 32.5 Å². The summed E-state index contributed by atoms with van der Waals surface area (Å²) in [7, 11) is 0. The van der Waals surface area contributed by atoms with Crippen molar-refractivity contribution >= 4 is 21.9 Å². The lowest BCUT2D eigenvalue weighted by Gasteiger charge is -2.41. The first-order valence-corrected chi connectivity index (χ1v) is 18.3. The van der Waals surface area contributed by atoms with E-state index in [1.165, 1.54) is 72.0 Å². The van der Waals surface area contributed by atoms with Gasteiger partial charge in [0.15, 0.2) is 0 Å². The molecule has 1 unspecified atom stereocenters. The average molecular weight is 631 g/mol. The van der Waals surface area contributed by atoms with Crippen LogP contribution in [0.4, 0.5) is 0 Å². The standard InChI is InChI=1S/C48H54/c1-43(2,3)28-24-29(44(4,5)6)27-48(26-28)36-23-22-33-40(47(12,13)41-32-20-16-17-21-35(32)46(10,11)42(33)41)38(36)34-25-37(45(7,8)9)30-18-14-15-19-31(30)39(34)48/h14-26H,27H2,1-13H3. The Morgan fingerprint density at radius 1 is 0.542 bits per heavy atom. The number of rotatable bonds is 0. The second kappa shape index (κ2) is 9.32. The van der Waals surface area contributed by atoms with Gasteiger partial charge in [0, 0.05) is 16.2 Å². The number of fused-ring (bicyclic) bond motifs is 12. The van der Waals surface area contributed by atoms with Crippen LogP contribution in [0.5, 0.6) is 0 Å². The summed E-state index contributed by atoms with van der Waals surface area (Å²) < 4.78 is 0. The van der Waals surface area contributed by atoms with E-state index in [0.717, 1.165) is 6.42 Å². The van der Waals surface area contributed by atoms with Crippen molar-refractivity contribution in [2.24, 2.45) is 10.8 Å². The Morgan fingerprint density at radius 2 is 1.17 bits per heavy atom. The maximum atomic E-state index is 2.71. The molecule has 246 valence electrons. The van der Waals surface area contributed by atoms with Gasteiger partial charge >= 0.3 is 0 Å². The Bertz CT molecular complexity index is 2180. The second-order valence-corrected chi connectivity index (χ2v) is 19.5. The molecular weight excluding hydrogens is 577 g/mol. The highest BCUT2D eigenvalue weighted by molar-refractivity contribution is 6.13. The Labute approximate surface area is 290 Å². The van der Waals surface area contributed by atoms with Gasteiger partial charge in [-0.3, -0.25) is 0 Å². The highest BCUT2D eigenvalue weighted by Gasteiger charge is 2.55. The van der Waals surface area contributed by atoms with Crippen LogP contribution < -0.4 is 0 Å². The predicted molar refractivity (Wildman–Crippen MR) is 208 cm³/mol. The topological polar surface area (TPSA) is 0 Å². The summed E-state index contributed by atoms with van der Waals surface area (Å²) in [5.74, 6) is 0. The van der Waals surface area contributed by atoms with Gasteiger partial charge in [-0.25, -0.2) is 0 Å². The summed E-state index contributed by atoms with van der Waals surface area (Å²) in [6.07, 6.45) is 6.28. The summed E-state index contributed by atoms with van der Waals surface area (Å²) in [5, 5.41) is 2.83. The Balaban J connectivity index is 1.54. The highest BCUT2D eigenvalue weighted by atomic mass is 14.6. The molecule has 8 rings (SSSR count). The molecule has 0 amide bonds. The molecule has 4 aliphatic rings. The summed E-state index contributed by atoms with van der Waals surface area (Å²) in [4.78, 5) is 0. The second-order valence-electron chi connectivity index (χ2n) is 19.5. The van der Waals surface area contributed by atoms with Crippen LogP contribution in [0.1, 0.15) is 135 Å². The van der Waals surface area contributed by atoms with E-state index in [0.29, 0.717) is 0 Å². The first kappa shape index (κ1) is 31.6. The van der Waals surface area contributed by atoms with E-state index in [2.05, 4.69) is 169 Å². The van der Waals surface area contributed by atoms with Gasteiger partial charge in [0.05, 0.1) is 0 Å². The van der Waals surface area contributed by atoms with Crippen LogP contribution in [0.15, 0.2) is 90.0 Å². The molecule has 0 heteroatoms. The molecule has 0 nitrogen and oxygen atoms in total. The lowest BCUT2D eigenvalue weighted by atomic mass is 9.62. The van der Waals surface area contributed by atoms with Crippen LogP contribution in [0.25, 0.3) is 33.0 Å². The van der Waals surface area contributed by atoms with E-state index in [9.17, 15) is 0 Å². The Morgan fingerprint density at radius 3 is 1.81 bits per heavy atom. The molecular formula is C48H54. The first-order chi connectivity index (χ1) is 22.2. The number of allylic oxidation sites excluding steroid dienone is 6. The van der Waals surface area contributed by atoms with E-state index in [4.69, 9.17) is 0 Å². The van der Waals surface area contributed by atoms with Crippen LogP contribution in [-0.2, 0) is 21.7 Å². The molecule has 0 aromatic heterocycles. The lowest BCUT2D eigenvalue weighted by molar-refractivity contribution is 0.432. The first-order valence-electron chi connectivity index (χ1n) is 18.3. The lowest BCUT2D eigenvalue weighted by Crippen LogP contribution is -2.32. The molecule has 0 saturated heterocycles. The smallest absolute Gasteiger partial charge is 0.0443 e. The number of benzene rings is 4. The van der Waals surface area contributed by atoms with E-state index in [1.807, 2.05) is 0 Å². The summed E-state index contributed by atoms with van der Waals surface area (Å²) in [6, 6.07) is 26.3. The molecule has 0 aliphatic heterocycles. The van der Waals surface area contributed by atoms with Gasteiger partial charge in [-0.1, -0.05) is 168 Å². The van der Waals surface area contributed by atoms with Crippen molar-refractivity contribution in [2.75, 3.05) is 0 Å². The number of hydrogen-bond donors (Lipinski definition) is 0. The van der Waals surface area contributed by atoms with Crippen molar-refractivity contribution in [2.45, 2.75) is 118 Å². The van der Waals surface area contributed by atoms with Gasteiger partial charge in [-0.15, -0.1) is 0 Å². The van der Waals surface area contributed by atoms with Crippen LogP contribution in [0, 0.1) is 10.8 Å². The van der Waals surface area contributed by atoms with Crippen LogP contribution in [-0.4, -0.2) is 0 Å². The van der Waals surface area contributed by atoms with Crippen molar-refractivity contribution < 1.29 is 0 Å². The molecule has 4 aliphatic carbocycles. The minimum Gasteiger partial charge on any atom is -0.0655 e. The van der Waals surface area contributed by atoms with E-state index in [1.54, 1.807) is 11.1 Å². The molecule has 0 fully saturated rings. The average Bonchev–Trinajstić information content (AvgIpc) is 3.51. The fraction of sp³-hybridized carbons (Fsp3) is 0.417.